The van der Waals surface area contributed by atoms with E-state index < -0.39 is 0 Å². The molecule has 1 atom stereocenters. The van der Waals surface area contributed by atoms with Crippen molar-refractivity contribution < 1.29 is 4.79 Å². The summed E-state index contributed by atoms with van der Waals surface area (Å²) >= 11 is 2.82. The third-order valence-corrected chi connectivity index (χ3v) is 6.33. The van der Waals surface area contributed by atoms with Crippen LogP contribution >= 0.6 is 23.1 Å². The van der Waals surface area contributed by atoms with Gasteiger partial charge in [0, 0.05) is 6.04 Å². The number of benzene rings is 1. The van der Waals surface area contributed by atoms with Crippen LogP contribution in [0.25, 0.3) is 11.3 Å². The number of carbonyl (C=O) groups excluding carboxylic acids is 1. The molecule has 0 saturated heterocycles. The molecule has 0 bridgehead atoms. The second-order valence-electron chi connectivity index (χ2n) is 6.42. The van der Waals surface area contributed by atoms with Crippen molar-refractivity contribution in [2.24, 2.45) is 0 Å². The molecule has 1 amide bonds. The van der Waals surface area contributed by atoms with Gasteiger partial charge in [0.15, 0.2) is 5.16 Å². The van der Waals surface area contributed by atoms with E-state index in [4.69, 9.17) is 5.26 Å². The number of imidazole rings is 1. The summed E-state index contributed by atoms with van der Waals surface area (Å²) < 4.78 is 2.26. The number of hydrogen-bond acceptors (Lipinski definition) is 5. The highest BCUT2D eigenvalue weighted by Crippen LogP contribution is 2.42. The molecule has 4 rings (SSSR count). The minimum Gasteiger partial charge on any atom is -0.316 e. The summed E-state index contributed by atoms with van der Waals surface area (Å²) in [5.74, 6) is -0.120. The Morgan fingerprint density at radius 3 is 2.85 bits per heavy atom. The van der Waals surface area contributed by atoms with Crippen molar-refractivity contribution in [1.82, 2.24) is 9.55 Å². The summed E-state index contributed by atoms with van der Waals surface area (Å²) in [7, 11) is 0. The Morgan fingerprint density at radius 1 is 1.37 bits per heavy atom. The number of anilines is 1. The van der Waals surface area contributed by atoms with Gasteiger partial charge in [-0.3, -0.25) is 4.79 Å². The molecule has 136 valence electrons. The Hall–Kier alpha value is -2.56. The molecule has 1 aliphatic rings. The summed E-state index contributed by atoms with van der Waals surface area (Å²) in [6.45, 7) is 1.87. The Morgan fingerprint density at radius 2 is 2.15 bits per heavy atom. The highest BCUT2D eigenvalue weighted by Gasteiger charge is 2.30. The fraction of sp³-hybridized carbons (Fsp3) is 0.250. The van der Waals surface area contributed by atoms with Gasteiger partial charge in [-0.25, -0.2) is 4.98 Å². The van der Waals surface area contributed by atoms with Crippen molar-refractivity contribution in [2.45, 2.75) is 36.2 Å². The zero-order valence-corrected chi connectivity index (χ0v) is 16.4. The van der Waals surface area contributed by atoms with E-state index in [9.17, 15) is 4.79 Å². The van der Waals surface area contributed by atoms with Crippen LogP contribution in [0.3, 0.4) is 0 Å². The molecule has 5 nitrogen and oxygen atoms in total. The third kappa shape index (κ3) is 3.77. The molecule has 3 aromatic rings. The summed E-state index contributed by atoms with van der Waals surface area (Å²) in [5, 5.41) is 14.9. The van der Waals surface area contributed by atoms with Gasteiger partial charge < -0.3 is 9.88 Å². The molecular weight excluding hydrogens is 376 g/mol. The van der Waals surface area contributed by atoms with Crippen LogP contribution in [0.5, 0.6) is 0 Å². The van der Waals surface area contributed by atoms with Crippen molar-refractivity contribution in [1.29, 1.82) is 5.26 Å². The van der Waals surface area contributed by atoms with Gasteiger partial charge in [0.2, 0.25) is 5.91 Å². The van der Waals surface area contributed by atoms with Crippen LogP contribution < -0.4 is 5.32 Å². The topological polar surface area (TPSA) is 70.7 Å². The van der Waals surface area contributed by atoms with Gasteiger partial charge in [0.05, 0.1) is 22.7 Å². The predicted octanol–water partition coefficient (Wildman–Crippen LogP) is 4.94. The Kier molecular flexibility index (Phi) is 5.01. The number of nitrogens with zero attached hydrogens (tertiary/aromatic N) is 3. The van der Waals surface area contributed by atoms with Crippen LogP contribution in [0.15, 0.2) is 53.1 Å². The maximum absolute atomic E-state index is 12.6. The number of thiophene rings is 1. The highest BCUT2D eigenvalue weighted by molar-refractivity contribution is 8.00. The molecule has 1 N–H and O–H groups in total. The minimum absolute atomic E-state index is 0.120. The first-order valence-electron chi connectivity index (χ1n) is 8.75. The number of nitriles is 1. The van der Waals surface area contributed by atoms with Crippen LogP contribution in [0.4, 0.5) is 5.00 Å². The first kappa shape index (κ1) is 17.8. The van der Waals surface area contributed by atoms with Crippen LogP contribution in [-0.4, -0.2) is 20.7 Å². The zero-order valence-electron chi connectivity index (χ0n) is 14.8. The molecule has 2 heterocycles. The standard InChI is InChI=1S/C20H18N4OS2/c1-13(18(25)23-19-15(11-21)9-10-26-19)27-20-22-12-17(24(20)16-7-8-16)14-5-3-2-4-6-14/h2-6,9-10,12-13,16H,7-8H2,1H3,(H,23,25). The highest BCUT2D eigenvalue weighted by atomic mass is 32.2. The van der Waals surface area contributed by atoms with E-state index in [0.29, 0.717) is 16.6 Å². The molecule has 1 fully saturated rings. The Balaban J connectivity index is 1.53. The molecular formula is C20H18N4OS2. The fourth-order valence-corrected chi connectivity index (χ4v) is 4.56. The monoisotopic (exact) mass is 394 g/mol. The Labute approximate surface area is 166 Å². The van der Waals surface area contributed by atoms with Crippen molar-refractivity contribution in [3.8, 4) is 17.3 Å². The number of thioether (sulfide) groups is 1. The van der Waals surface area contributed by atoms with Crippen molar-refractivity contribution in [3.05, 3.63) is 53.5 Å². The third-order valence-electron chi connectivity index (χ3n) is 4.42. The van der Waals surface area contributed by atoms with Gasteiger partial charge >= 0.3 is 0 Å². The second kappa shape index (κ2) is 7.59. The number of amides is 1. The summed E-state index contributed by atoms with van der Waals surface area (Å²) in [4.78, 5) is 17.2. The number of nitrogens with one attached hydrogen (secondary N) is 1. The lowest BCUT2D eigenvalue weighted by atomic mass is 10.2. The molecule has 0 aliphatic heterocycles. The first-order chi connectivity index (χ1) is 13.2. The Bertz CT molecular complexity index is 999. The minimum atomic E-state index is -0.317. The van der Waals surface area contributed by atoms with Gasteiger partial charge in [-0.05, 0) is 36.8 Å². The molecule has 1 saturated carbocycles. The van der Waals surface area contributed by atoms with Gasteiger partial charge in [0.25, 0.3) is 0 Å². The zero-order chi connectivity index (χ0) is 18.8. The van der Waals surface area contributed by atoms with Gasteiger partial charge in [-0.2, -0.15) is 5.26 Å². The summed E-state index contributed by atoms with van der Waals surface area (Å²) in [6, 6.07) is 14.5. The van der Waals surface area contributed by atoms with Crippen LogP contribution in [0.2, 0.25) is 0 Å². The molecule has 0 spiro atoms. The maximum Gasteiger partial charge on any atom is 0.238 e. The van der Waals surface area contributed by atoms with Crippen LogP contribution in [0, 0.1) is 11.3 Å². The van der Waals surface area contributed by atoms with E-state index in [-0.39, 0.29) is 11.2 Å². The van der Waals surface area contributed by atoms with Gasteiger partial charge in [0.1, 0.15) is 11.1 Å². The quantitative estimate of drug-likeness (QED) is 0.601. The predicted molar refractivity (Wildman–Crippen MR) is 109 cm³/mol. The summed E-state index contributed by atoms with van der Waals surface area (Å²) in [6.07, 6.45) is 4.18. The van der Waals surface area contributed by atoms with E-state index >= 15 is 0 Å². The second-order valence-corrected chi connectivity index (χ2v) is 8.64. The summed E-state index contributed by atoms with van der Waals surface area (Å²) in [5.41, 5.74) is 2.73. The van der Waals surface area contributed by atoms with E-state index in [1.807, 2.05) is 31.3 Å². The average molecular weight is 395 g/mol. The fourth-order valence-electron chi connectivity index (χ4n) is 2.86. The van der Waals surface area contributed by atoms with E-state index in [0.717, 1.165) is 29.3 Å². The average Bonchev–Trinajstić information content (AvgIpc) is 3.28. The largest absolute Gasteiger partial charge is 0.316 e. The molecule has 1 aromatic carbocycles. The molecule has 2 aromatic heterocycles. The SMILES string of the molecule is CC(Sc1ncc(-c2ccccc2)n1C1CC1)C(=O)Nc1sccc1C#N. The molecule has 1 unspecified atom stereocenters. The number of aromatic nitrogens is 2. The van der Waals surface area contributed by atoms with Crippen LogP contribution in [-0.2, 0) is 4.79 Å². The lowest BCUT2D eigenvalue weighted by Gasteiger charge is -2.14. The van der Waals surface area contributed by atoms with Gasteiger partial charge in [-0.1, -0.05) is 42.1 Å². The lowest BCUT2D eigenvalue weighted by Crippen LogP contribution is -2.22. The van der Waals surface area contributed by atoms with Crippen molar-refractivity contribution >= 4 is 34.0 Å². The number of hydrogen-bond donors (Lipinski definition) is 1. The number of rotatable bonds is 6. The maximum atomic E-state index is 12.6. The van der Waals surface area contributed by atoms with E-state index in [1.165, 1.54) is 23.1 Å². The smallest absolute Gasteiger partial charge is 0.238 e. The van der Waals surface area contributed by atoms with Crippen molar-refractivity contribution in [3.63, 3.8) is 0 Å². The van der Waals surface area contributed by atoms with Crippen molar-refractivity contribution in [2.75, 3.05) is 5.32 Å². The van der Waals surface area contributed by atoms with E-state index in [2.05, 4.69) is 33.1 Å². The van der Waals surface area contributed by atoms with Crippen LogP contribution in [0.1, 0.15) is 31.4 Å². The molecule has 0 radical (unpaired) electrons. The molecule has 1 aliphatic carbocycles. The van der Waals surface area contributed by atoms with Gasteiger partial charge in [-0.15, -0.1) is 11.3 Å². The lowest BCUT2D eigenvalue weighted by molar-refractivity contribution is -0.115. The molecule has 7 heteroatoms. The molecule has 27 heavy (non-hydrogen) atoms. The normalized spacial score (nSPS) is 14.5. The number of carbonyl (C=O) groups is 1. The first-order valence-corrected chi connectivity index (χ1v) is 10.5. The van der Waals surface area contributed by atoms with E-state index in [1.54, 1.807) is 11.4 Å².